The van der Waals surface area contributed by atoms with E-state index >= 15 is 0 Å². The molecule has 0 aliphatic heterocycles. The van der Waals surface area contributed by atoms with Gasteiger partial charge >= 0.3 is 0 Å². The van der Waals surface area contributed by atoms with E-state index in [2.05, 4.69) is 15.0 Å². The van der Waals surface area contributed by atoms with Gasteiger partial charge < -0.3 is 10.0 Å². The Balaban J connectivity index is 1.76. The first-order chi connectivity index (χ1) is 13.6. The normalized spacial score (nSPS) is 10.9. The first-order valence-corrected chi connectivity index (χ1v) is 8.98. The number of hydrogen-bond donors (Lipinski definition) is 1. The Bertz CT molecular complexity index is 1120. The van der Waals surface area contributed by atoms with Gasteiger partial charge in [0.15, 0.2) is 5.82 Å². The molecule has 0 saturated heterocycles. The number of fused-ring (bicyclic) bond motifs is 1. The molecule has 5 nitrogen and oxygen atoms in total. The predicted molar refractivity (Wildman–Crippen MR) is 108 cm³/mol. The molecular formula is C22H19FN4O. The van der Waals surface area contributed by atoms with Gasteiger partial charge in [0.2, 0.25) is 0 Å². The smallest absolute Gasteiger partial charge is 0.165 e. The molecule has 0 amide bonds. The fourth-order valence-electron chi connectivity index (χ4n) is 3.09. The largest absolute Gasteiger partial charge is 0.507 e. The maximum Gasteiger partial charge on any atom is 0.165 e. The molecule has 0 saturated carbocycles. The number of para-hydroxylation sites is 1. The van der Waals surface area contributed by atoms with Crippen LogP contribution in [0.5, 0.6) is 5.75 Å². The number of aromatic nitrogens is 3. The van der Waals surface area contributed by atoms with E-state index in [1.807, 2.05) is 36.2 Å². The number of phenols is 1. The summed E-state index contributed by atoms with van der Waals surface area (Å²) in [6.07, 6.45) is 2.49. The lowest BCUT2D eigenvalue weighted by atomic mass is 10.1. The van der Waals surface area contributed by atoms with Crippen LogP contribution in [0.4, 0.5) is 10.2 Å². The molecule has 0 bridgehead atoms. The van der Waals surface area contributed by atoms with Gasteiger partial charge in [-0.2, -0.15) is 0 Å². The van der Waals surface area contributed by atoms with E-state index < -0.39 is 0 Å². The number of likely N-dealkylation sites (N-methyl/N-ethyl adjacent to an activating group) is 1. The van der Waals surface area contributed by atoms with Crippen molar-refractivity contribution in [3.63, 3.8) is 0 Å². The van der Waals surface area contributed by atoms with Gasteiger partial charge in [-0.05, 0) is 42.5 Å². The highest BCUT2D eigenvalue weighted by Crippen LogP contribution is 2.31. The highest BCUT2D eigenvalue weighted by Gasteiger charge is 2.15. The first-order valence-electron chi connectivity index (χ1n) is 8.98. The maximum atomic E-state index is 13.9. The maximum absolute atomic E-state index is 13.9. The third-order valence-electron chi connectivity index (χ3n) is 4.57. The number of benzene rings is 2. The third-order valence-corrected chi connectivity index (χ3v) is 4.57. The average molecular weight is 374 g/mol. The van der Waals surface area contributed by atoms with Crippen molar-refractivity contribution in [2.24, 2.45) is 0 Å². The number of halogens is 1. The number of anilines is 1. The Kier molecular flexibility index (Phi) is 4.85. The summed E-state index contributed by atoms with van der Waals surface area (Å²) in [5.41, 5.74) is 2.13. The van der Waals surface area contributed by atoms with Crippen LogP contribution in [0.1, 0.15) is 5.69 Å². The van der Waals surface area contributed by atoms with Crippen LogP contribution in [0.15, 0.2) is 66.9 Å². The zero-order valence-electron chi connectivity index (χ0n) is 15.4. The van der Waals surface area contributed by atoms with E-state index in [0.717, 1.165) is 12.1 Å². The Labute approximate surface area is 162 Å². The minimum Gasteiger partial charge on any atom is -0.507 e. The van der Waals surface area contributed by atoms with E-state index in [0.29, 0.717) is 34.7 Å². The zero-order chi connectivity index (χ0) is 19.5. The van der Waals surface area contributed by atoms with Crippen molar-refractivity contribution in [2.45, 2.75) is 6.42 Å². The number of rotatable bonds is 5. The van der Waals surface area contributed by atoms with Gasteiger partial charge in [0.25, 0.3) is 0 Å². The fourth-order valence-corrected chi connectivity index (χ4v) is 3.09. The zero-order valence-corrected chi connectivity index (χ0v) is 15.4. The second-order valence-electron chi connectivity index (χ2n) is 6.54. The van der Waals surface area contributed by atoms with Gasteiger partial charge in [-0.25, -0.2) is 14.4 Å². The molecule has 0 radical (unpaired) electrons. The van der Waals surface area contributed by atoms with Gasteiger partial charge in [0, 0.05) is 37.3 Å². The highest BCUT2D eigenvalue weighted by atomic mass is 19.1. The van der Waals surface area contributed by atoms with Crippen LogP contribution in [0, 0.1) is 5.82 Å². The lowest BCUT2D eigenvalue weighted by molar-refractivity contribution is 0.477. The van der Waals surface area contributed by atoms with Crippen molar-refractivity contribution in [3.05, 3.63) is 78.4 Å². The Morgan fingerprint density at radius 1 is 1.00 bits per heavy atom. The summed E-state index contributed by atoms with van der Waals surface area (Å²) in [5, 5.41) is 10.8. The van der Waals surface area contributed by atoms with Crippen LogP contribution < -0.4 is 4.90 Å². The minimum absolute atomic E-state index is 0.103. The minimum atomic E-state index is -0.342. The van der Waals surface area contributed by atoms with Crippen molar-refractivity contribution in [1.82, 2.24) is 15.0 Å². The molecule has 4 aromatic rings. The molecule has 0 aliphatic rings. The Morgan fingerprint density at radius 2 is 1.82 bits per heavy atom. The number of pyridine rings is 1. The highest BCUT2D eigenvalue weighted by molar-refractivity contribution is 5.91. The van der Waals surface area contributed by atoms with Crippen LogP contribution >= 0.6 is 0 Å². The van der Waals surface area contributed by atoms with E-state index in [-0.39, 0.29) is 11.6 Å². The quantitative estimate of drug-likeness (QED) is 0.567. The summed E-state index contributed by atoms with van der Waals surface area (Å²) in [7, 11) is 1.91. The standard InChI is InChI=1S/C22H19FN4O/c1-27(13-11-16-6-4-5-12-24-16)22-18-14-15(23)9-10-19(18)25-21(26-22)17-7-2-3-8-20(17)28/h2-10,12,14,28H,11,13H2,1H3. The molecule has 4 rings (SSSR count). The molecule has 0 aliphatic carbocycles. The first kappa shape index (κ1) is 17.9. The van der Waals surface area contributed by atoms with E-state index in [9.17, 15) is 9.50 Å². The molecular weight excluding hydrogens is 355 g/mol. The molecule has 0 unspecified atom stereocenters. The van der Waals surface area contributed by atoms with Crippen molar-refractivity contribution >= 4 is 16.7 Å². The predicted octanol–water partition coefficient (Wildman–Crippen LogP) is 4.22. The van der Waals surface area contributed by atoms with E-state index in [1.54, 1.807) is 30.5 Å². The molecule has 0 fully saturated rings. The van der Waals surface area contributed by atoms with Crippen LogP contribution in [-0.4, -0.2) is 33.7 Å². The molecule has 2 heterocycles. The van der Waals surface area contributed by atoms with Crippen LogP contribution in [0.2, 0.25) is 0 Å². The molecule has 0 spiro atoms. The molecule has 28 heavy (non-hydrogen) atoms. The van der Waals surface area contributed by atoms with Crippen LogP contribution in [0.3, 0.4) is 0 Å². The summed E-state index contributed by atoms with van der Waals surface area (Å²) < 4.78 is 13.9. The van der Waals surface area contributed by atoms with Crippen LogP contribution in [0.25, 0.3) is 22.3 Å². The molecule has 1 N–H and O–H groups in total. The van der Waals surface area contributed by atoms with Gasteiger partial charge in [0.05, 0.1) is 11.1 Å². The summed E-state index contributed by atoms with van der Waals surface area (Å²) in [4.78, 5) is 15.5. The number of phenolic OH excluding ortho intramolecular Hbond substituents is 1. The Morgan fingerprint density at radius 3 is 2.61 bits per heavy atom. The van der Waals surface area contributed by atoms with Crippen molar-refractivity contribution in [3.8, 4) is 17.1 Å². The van der Waals surface area contributed by atoms with Crippen molar-refractivity contribution in [2.75, 3.05) is 18.5 Å². The van der Waals surface area contributed by atoms with Crippen LogP contribution in [-0.2, 0) is 6.42 Å². The van der Waals surface area contributed by atoms with Crippen molar-refractivity contribution < 1.29 is 9.50 Å². The molecule has 140 valence electrons. The second-order valence-corrected chi connectivity index (χ2v) is 6.54. The second kappa shape index (κ2) is 7.60. The lowest BCUT2D eigenvalue weighted by Crippen LogP contribution is -2.22. The summed E-state index contributed by atoms with van der Waals surface area (Å²) in [6, 6.07) is 17.2. The number of aromatic hydroxyl groups is 1. The van der Waals surface area contributed by atoms with E-state index in [1.165, 1.54) is 12.1 Å². The summed E-state index contributed by atoms with van der Waals surface area (Å²) >= 11 is 0. The summed E-state index contributed by atoms with van der Waals surface area (Å²) in [5.74, 6) is 0.771. The number of hydrogen-bond acceptors (Lipinski definition) is 5. The lowest BCUT2D eigenvalue weighted by Gasteiger charge is -2.20. The average Bonchev–Trinajstić information content (AvgIpc) is 2.72. The SMILES string of the molecule is CN(CCc1ccccn1)c1nc(-c2ccccc2O)nc2ccc(F)cc12. The van der Waals surface area contributed by atoms with Gasteiger partial charge in [0.1, 0.15) is 17.4 Å². The topological polar surface area (TPSA) is 62.1 Å². The Hall–Kier alpha value is -3.54. The number of nitrogens with zero attached hydrogens (tertiary/aromatic N) is 4. The van der Waals surface area contributed by atoms with Gasteiger partial charge in [-0.1, -0.05) is 18.2 Å². The molecule has 0 atom stereocenters. The van der Waals surface area contributed by atoms with Gasteiger partial charge in [-0.15, -0.1) is 0 Å². The fraction of sp³-hybridized carbons (Fsp3) is 0.136. The summed E-state index contributed by atoms with van der Waals surface area (Å²) in [6.45, 7) is 0.653. The molecule has 2 aromatic carbocycles. The van der Waals surface area contributed by atoms with Crippen molar-refractivity contribution in [1.29, 1.82) is 0 Å². The third kappa shape index (κ3) is 3.62. The monoisotopic (exact) mass is 374 g/mol. The van der Waals surface area contributed by atoms with Gasteiger partial charge in [-0.3, -0.25) is 4.98 Å². The molecule has 6 heteroatoms. The molecule has 2 aromatic heterocycles. The van der Waals surface area contributed by atoms with E-state index in [4.69, 9.17) is 0 Å².